The van der Waals surface area contributed by atoms with Crippen molar-refractivity contribution in [1.82, 2.24) is 0 Å². The number of hydrogen-bond acceptors (Lipinski definition) is 6. The first-order valence-electron chi connectivity index (χ1n) is 13.0. The number of benzene rings is 2. The summed E-state index contributed by atoms with van der Waals surface area (Å²) in [6, 6.07) is 13.2. The molecule has 0 bridgehead atoms. The highest BCUT2D eigenvalue weighted by molar-refractivity contribution is 5.91. The van der Waals surface area contributed by atoms with Crippen molar-refractivity contribution < 1.29 is 28.6 Å². The fourth-order valence-corrected chi connectivity index (χ4v) is 3.45. The minimum atomic E-state index is -0.540. The standard InChI is InChI=1S/C30H38O6/c1-3-5-7-8-9-11-23-34-30(33)25-16-13-24(14-17-25)15-22-29(32)36-27-20-18-26(19-21-27)35-28(31)12-10-6-4-2/h13-22H,3-12,23H2,1-2H3. The summed E-state index contributed by atoms with van der Waals surface area (Å²) >= 11 is 0. The van der Waals surface area contributed by atoms with Crippen molar-refractivity contribution >= 4 is 24.0 Å². The van der Waals surface area contributed by atoms with Gasteiger partial charge in [-0.25, -0.2) is 9.59 Å². The Morgan fingerprint density at radius 3 is 1.94 bits per heavy atom. The van der Waals surface area contributed by atoms with Crippen LogP contribution in [0, 0.1) is 0 Å². The van der Waals surface area contributed by atoms with Crippen LogP contribution >= 0.6 is 0 Å². The molecule has 0 atom stereocenters. The Kier molecular flexibility index (Phi) is 13.7. The molecule has 0 aliphatic carbocycles. The molecule has 0 N–H and O–H groups in total. The van der Waals surface area contributed by atoms with E-state index in [9.17, 15) is 14.4 Å². The molecule has 0 spiro atoms. The number of rotatable bonds is 16. The molecule has 0 aliphatic heterocycles. The Balaban J connectivity index is 1.73. The van der Waals surface area contributed by atoms with Gasteiger partial charge in [0.25, 0.3) is 0 Å². The third-order valence-electron chi connectivity index (χ3n) is 5.55. The molecule has 0 aromatic heterocycles. The minimum absolute atomic E-state index is 0.270. The predicted molar refractivity (Wildman–Crippen MR) is 141 cm³/mol. The SMILES string of the molecule is CCCCCCCCOC(=O)c1ccc(C=CC(=O)Oc2ccc(OC(=O)CCCCC)cc2)cc1. The van der Waals surface area contributed by atoms with Crippen LogP contribution < -0.4 is 9.47 Å². The highest BCUT2D eigenvalue weighted by Crippen LogP contribution is 2.19. The van der Waals surface area contributed by atoms with Gasteiger partial charge >= 0.3 is 17.9 Å². The van der Waals surface area contributed by atoms with E-state index in [-0.39, 0.29) is 11.9 Å². The highest BCUT2D eigenvalue weighted by Gasteiger charge is 2.08. The smallest absolute Gasteiger partial charge is 0.338 e. The zero-order chi connectivity index (χ0) is 26.0. The molecule has 2 aromatic rings. The van der Waals surface area contributed by atoms with Crippen LogP contribution in [-0.2, 0) is 14.3 Å². The molecule has 6 nitrogen and oxygen atoms in total. The van der Waals surface area contributed by atoms with Crippen LogP contribution in [0.4, 0.5) is 0 Å². The first-order chi connectivity index (χ1) is 17.5. The predicted octanol–water partition coefficient (Wildman–Crippen LogP) is 7.31. The Morgan fingerprint density at radius 1 is 0.694 bits per heavy atom. The summed E-state index contributed by atoms with van der Waals surface area (Å²) in [5, 5.41) is 0. The van der Waals surface area contributed by atoms with Gasteiger partial charge in [0.05, 0.1) is 12.2 Å². The van der Waals surface area contributed by atoms with Crippen molar-refractivity contribution in [3.63, 3.8) is 0 Å². The number of unbranched alkanes of at least 4 members (excludes halogenated alkanes) is 7. The second kappa shape index (κ2) is 17.1. The van der Waals surface area contributed by atoms with E-state index in [0.717, 1.165) is 37.7 Å². The molecule has 0 fully saturated rings. The molecule has 36 heavy (non-hydrogen) atoms. The highest BCUT2D eigenvalue weighted by atomic mass is 16.5. The van der Waals surface area contributed by atoms with E-state index in [2.05, 4.69) is 13.8 Å². The van der Waals surface area contributed by atoms with Gasteiger partial charge in [-0.3, -0.25) is 4.79 Å². The maximum absolute atomic E-state index is 12.2. The van der Waals surface area contributed by atoms with Gasteiger partial charge < -0.3 is 14.2 Å². The third kappa shape index (κ3) is 11.8. The molecule has 6 heteroatoms. The van der Waals surface area contributed by atoms with Gasteiger partial charge in [-0.1, -0.05) is 70.9 Å². The van der Waals surface area contributed by atoms with Crippen LogP contribution in [0.5, 0.6) is 11.5 Å². The molecule has 0 unspecified atom stereocenters. The van der Waals surface area contributed by atoms with Crippen molar-refractivity contribution in [2.24, 2.45) is 0 Å². The minimum Gasteiger partial charge on any atom is -0.462 e. The van der Waals surface area contributed by atoms with Crippen LogP contribution in [0.2, 0.25) is 0 Å². The monoisotopic (exact) mass is 494 g/mol. The van der Waals surface area contributed by atoms with Crippen LogP contribution in [0.1, 0.15) is 94.0 Å². The van der Waals surface area contributed by atoms with Crippen molar-refractivity contribution in [2.45, 2.75) is 78.1 Å². The van der Waals surface area contributed by atoms with Gasteiger partial charge in [0, 0.05) is 12.5 Å². The molecule has 2 rings (SSSR count). The van der Waals surface area contributed by atoms with Gasteiger partial charge in [0.15, 0.2) is 0 Å². The molecule has 0 saturated carbocycles. The molecule has 0 heterocycles. The average molecular weight is 495 g/mol. The first-order valence-corrected chi connectivity index (χ1v) is 13.0. The molecule has 0 saturated heterocycles. The van der Waals surface area contributed by atoms with Crippen LogP contribution in [0.15, 0.2) is 54.6 Å². The van der Waals surface area contributed by atoms with Crippen LogP contribution in [0.25, 0.3) is 6.08 Å². The van der Waals surface area contributed by atoms with E-state index in [4.69, 9.17) is 14.2 Å². The molecule has 0 aliphatic rings. The van der Waals surface area contributed by atoms with E-state index in [1.54, 1.807) is 54.6 Å². The number of ether oxygens (including phenoxy) is 3. The zero-order valence-corrected chi connectivity index (χ0v) is 21.5. The van der Waals surface area contributed by atoms with Crippen LogP contribution in [-0.4, -0.2) is 24.5 Å². The second-order valence-electron chi connectivity index (χ2n) is 8.68. The van der Waals surface area contributed by atoms with E-state index >= 15 is 0 Å². The van der Waals surface area contributed by atoms with Crippen molar-refractivity contribution in [1.29, 1.82) is 0 Å². The lowest BCUT2D eigenvalue weighted by molar-refractivity contribution is -0.134. The van der Waals surface area contributed by atoms with Gasteiger partial charge in [-0.05, 0) is 60.9 Å². The lowest BCUT2D eigenvalue weighted by Gasteiger charge is -2.06. The topological polar surface area (TPSA) is 78.9 Å². The summed E-state index contributed by atoms with van der Waals surface area (Å²) in [6.45, 7) is 4.69. The number of esters is 3. The largest absolute Gasteiger partial charge is 0.462 e. The number of carbonyl (C=O) groups excluding carboxylic acids is 3. The average Bonchev–Trinajstić information content (AvgIpc) is 2.88. The Bertz CT molecular complexity index is 960. The molecular weight excluding hydrogens is 456 g/mol. The summed E-state index contributed by atoms with van der Waals surface area (Å²) in [7, 11) is 0. The maximum Gasteiger partial charge on any atom is 0.338 e. The lowest BCUT2D eigenvalue weighted by atomic mass is 10.1. The fourth-order valence-electron chi connectivity index (χ4n) is 3.45. The Hall–Kier alpha value is -3.41. The quantitative estimate of drug-likeness (QED) is 0.105. The van der Waals surface area contributed by atoms with Gasteiger partial charge in [0.1, 0.15) is 11.5 Å². The molecular formula is C30H38O6. The van der Waals surface area contributed by atoms with Crippen molar-refractivity contribution in [3.8, 4) is 11.5 Å². The van der Waals surface area contributed by atoms with Crippen LogP contribution in [0.3, 0.4) is 0 Å². The van der Waals surface area contributed by atoms with E-state index in [0.29, 0.717) is 30.1 Å². The van der Waals surface area contributed by atoms with E-state index in [1.165, 1.54) is 31.8 Å². The lowest BCUT2D eigenvalue weighted by Crippen LogP contribution is -2.07. The second-order valence-corrected chi connectivity index (χ2v) is 8.68. The summed E-state index contributed by atoms with van der Waals surface area (Å²) in [4.78, 5) is 36.1. The van der Waals surface area contributed by atoms with E-state index in [1.807, 2.05) is 0 Å². The van der Waals surface area contributed by atoms with Gasteiger partial charge in [-0.15, -0.1) is 0 Å². The maximum atomic E-state index is 12.2. The molecule has 0 radical (unpaired) electrons. The summed E-state index contributed by atoms with van der Waals surface area (Å²) in [6.07, 6.45) is 13.0. The Labute approximate surface area is 214 Å². The first kappa shape index (κ1) is 28.8. The molecule has 0 amide bonds. The summed E-state index contributed by atoms with van der Waals surface area (Å²) in [5.74, 6) is -0.389. The zero-order valence-electron chi connectivity index (χ0n) is 21.5. The summed E-state index contributed by atoms with van der Waals surface area (Å²) < 4.78 is 15.9. The normalized spacial score (nSPS) is 10.8. The van der Waals surface area contributed by atoms with Crippen molar-refractivity contribution in [3.05, 3.63) is 65.7 Å². The molecule has 2 aromatic carbocycles. The number of hydrogen-bond donors (Lipinski definition) is 0. The third-order valence-corrected chi connectivity index (χ3v) is 5.55. The van der Waals surface area contributed by atoms with E-state index < -0.39 is 5.97 Å². The summed E-state index contributed by atoms with van der Waals surface area (Å²) in [5.41, 5.74) is 1.23. The van der Waals surface area contributed by atoms with Gasteiger partial charge in [0.2, 0.25) is 0 Å². The van der Waals surface area contributed by atoms with Crippen molar-refractivity contribution in [2.75, 3.05) is 6.61 Å². The number of carbonyl (C=O) groups is 3. The Morgan fingerprint density at radius 2 is 1.28 bits per heavy atom. The molecule has 194 valence electrons. The fraction of sp³-hybridized carbons (Fsp3) is 0.433. The van der Waals surface area contributed by atoms with Gasteiger partial charge in [-0.2, -0.15) is 0 Å².